The Labute approximate surface area is 114 Å². The molecule has 3 rings (SSSR count). The first-order valence-electron chi connectivity index (χ1n) is 6.30. The average molecular weight is 281 g/mol. The number of nitrogens with zero attached hydrogens (tertiary/aromatic N) is 1. The number of carboxylic acid groups (broad SMARTS) is 1. The van der Waals surface area contributed by atoms with E-state index in [0.717, 1.165) is 24.3 Å². The monoisotopic (exact) mass is 281 g/mol. The van der Waals surface area contributed by atoms with Gasteiger partial charge in [0.1, 0.15) is 11.2 Å². The highest BCUT2D eigenvalue weighted by atomic mass is 32.2. The molecular formula is C12H15N3O3S. The van der Waals surface area contributed by atoms with E-state index in [1.165, 1.54) is 0 Å². The van der Waals surface area contributed by atoms with Gasteiger partial charge in [-0.2, -0.15) is 16.9 Å². The molecule has 0 spiro atoms. The molecule has 2 heterocycles. The SMILES string of the molecule is O=C(NC1(C(=O)O)CCSC1)c1cc(C2CC2)[nH]n1. The summed E-state index contributed by atoms with van der Waals surface area (Å²) in [6.07, 6.45) is 2.70. The molecule has 1 aliphatic carbocycles. The van der Waals surface area contributed by atoms with Gasteiger partial charge in [-0.3, -0.25) is 9.89 Å². The van der Waals surface area contributed by atoms with Gasteiger partial charge in [0, 0.05) is 17.4 Å². The summed E-state index contributed by atoms with van der Waals surface area (Å²) in [5, 5.41) is 18.8. The van der Waals surface area contributed by atoms with Crippen molar-refractivity contribution in [2.75, 3.05) is 11.5 Å². The second-order valence-electron chi connectivity index (χ2n) is 5.13. The number of thioether (sulfide) groups is 1. The number of H-pyrrole nitrogens is 1. The van der Waals surface area contributed by atoms with E-state index in [0.29, 0.717) is 18.1 Å². The van der Waals surface area contributed by atoms with E-state index in [-0.39, 0.29) is 5.69 Å². The van der Waals surface area contributed by atoms with E-state index < -0.39 is 17.4 Å². The molecule has 0 aromatic carbocycles. The number of aliphatic carboxylic acids is 1. The topological polar surface area (TPSA) is 95.1 Å². The van der Waals surface area contributed by atoms with Crippen molar-refractivity contribution in [1.82, 2.24) is 15.5 Å². The minimum Gasteiger partial charge on any atom is -0.479 e. The minimum absolute atomic E-state index is 0.277. The number of aromatic amines is 1. The molecule has 102 valence electrons. The van der Waals surface area contributed by atoms with Gasteiger partial charge in [-0.25, -0.2) is 4.79 Å². The third-order valence-corrected chi connectivity index (χ3v) is 4.82. The van der Waals surface area contributed by atoms with Crippen LogP contribution >= 0.6 is 11.8 Å². The van der Waals surface area contributed by atoms with Gasteiger partial charge in [0.25, 0.3) is 5.91 Å². The third-order valence-electron chi connectivity index (χ3n) is 3.63. The van der Waals surface area contributed by atoms with Crippen molar-refractivity contribution in [3.8, 4) is 0 Å². The summed E-state index contributed by atoms with van der Waals surface area (Å²) in [6, 6.07) is 1.73. The van der Waals surface area contributed by atoms with Gasteiger partial charge in [-0.15, -0.1) is 0 Å². The van der Waals surface area contributed by atoms with E-state index in [9.17, 15) is 14.7 Å². The van der Waals surface area contributed by atoms with Crippen LogP contribution in [0.15, 0.2) is 6.07 Å². The van der Waals surface area contributed by atoms with Crippen LogP contribution in [0, 0.1) is 0 Å². The lowest BCUT2D eigenvalue weighted by Crippen LogP contribution is -2.54. The van der Waals surface area contributed by atoms with Gasteiger partial charge < -0.3 is 10.4 Å². The maximum absolute atomic E-state index is 12.1. The second kappa shape index (κ2) is 4.56. The van der Waals surface area contributed by atoms with Crippen molar-refractivity contribution in [2.45, 2.75) is 30.7 Å². The molecule has 0 radical (unpaired) electrons. The molecule has 7 heteroatoms. The van der Waals surface area contributed by atoms with Gasteiger partial charge >= 0.3 is 5.97 Å². The molecule has 1 aliphatic heterocycles. The van der Waals surface area contributed by atoms with Gasteiger partial charge in [-0.05, 0) is 31.1 Å². The number of carbonyl (C=O) groups is 2. The van der Waals surface area contributed by atoms with Gasteiger partial charge in [0.15, 0.2) is 0 Å². The Kier molecular flexibility index (Phi) is 3.00. The summed E-state index contributed by atoms with van der Waals surface area (Å²) in [5.74, 6) is 0.274. The standard InChI is InChI=1S/C12H15N3O3S/c16-10(9-5-8(14-15-9)7-1-2-7)13-12(11(17)18)3-4-19-6-12/h5,7H,1-4,6H2,(H,13,16)(H,14,15)(H,17,18). The summed E-state index contributed by atoms with van der Waals surface area (Å²) in [4.78, 5) is 23.5. The van der Waals surface area contributed by atoms with Crippen molar-refractivity contribution in [3.05, 3.63) is 17.5 Å². The van der Waals surface area contributed by atoms with Crippen LogP contribution in [0.1, 0.15) is 41.4 Å². The van der Waals surface area contributed by atoms with Gasteiger partial charge in [0.2, 0.25) is 0 Å². The third kappa shape index (κ3) is 2.34. The van der Waals surface area contributed by atoms with Crippen LogP contribution in [0.4, 0.5) is 0 Å². The summed E-state index contributed by atoms with van der Waals surface area (Å²) in [5.41, 5.74) is 0.107. The Bertz CT molecular complexity index is 518. The molecule has 1 amide bonds. The zero-order valence-electron chi connectivity index (χ0n) is 10.3. The molecule has 1 saturated heterocycles. The summed E-state index contributed by atoms with van der Waals surface area (Å²) >= 11 is 1.54. The molecular weight excluding hydrogens is 266 g/mol. The summed E-state index contributed by atoms with van der Waals surface area (Å²) < 4.78 is 0. The molecule has 1 saturated carbocycles. The lowest BCUT2D eigenvalue weighted by Gasteiger charge is -2.23. The van der Waals surface area contributed by atoms with Crippen molar-refractivity contribution in [3.63, 3.8) is 0 Å². The number of hydrogen-bond acceptors (Lipinski definition) is 4. The minimum atomic E-state index is -1.14. The van der Waals surface area contributed by atoms with Crippen LogP contribution in [0.3, 0.4) is 0 Å². The first-order valence-corrected chi connectivity index (χ1v) is 7.45. The van der Waals surface area contributed by atoms with Crippen molar-refractivity contribution in [1.29, 1.82) is 0 Å². The van der Waals surface area contributed by atoms with E-state index in [4.69, 9.17) is 0 Å². The summed E-state index contributed by atoms with van der Waals surface area (Å²) in [7, 11) is 0. The van der Waals surface area contributed by atoms with E-state index in [1.54, 1.807) is 17.8 Å². The van der Waals surface area contributed by atoms with Gasteiger partial charge in [0.05, 0.1) is 0 Å². The van der Waals surface area contributed by atoms with Gasteiger partial charge in [-0.1, -0.05) is 0 Å². The predicted molar refractivity (Wildman–Crippen MR) is 70.3 cm³/mol. The second-order valence-corrected chi connectivity index (χ2v) is 6.23. The zero-order valence-corrected chi connectivity index (χ0v) is 11.1. The average Bonchev–Trinajstić information content (AvgIpc) is 2.93. The fourth-order valence-corrected chi connectivity index (χ4v) is 3.55. The molecule has 1 unspecified atom stereocenters. The lowest BCUT2D eigenvalue weighted by atomic mass is 9.99. The first kappa shape index (κ1) is 12.5. The Hall–Kier alpha value is -1.50. The number of hydrogen-bond donors (Lipinski definition) is 3. The number of carbonyl (C=O) groups excluding carboxylic acids is 1. The van der Waals surface area contributed by atoms with E-state index >= 15 is 0 Å². The fraction of sp³-hybridized carbons (Fsp3) is 0.583. The van der Waals surface area contributed by atoms with Crippen LogP contribution in [-0.4, -0.2) is 44.2 Å². The number of nitrogens with one attached hydrogen (secondary N) is 2. The van der Waals surface area contributed by atoms with Crippen molar-refractivity contribution < 1.29 is 14.7 Å². The maximum Gasteiger partial charge on any atom is 0.330 e. The van der Waals surface area contributed by atoms with Crippen LogP contribution < -0.4 is 5.32 Å². The zero-order chi connectivity index (χ0) is 13.5. The lowest BCUT2D eigenvalue weighted by molar-refractivity contribution is -0.143. The van der Waals surface area contributed by atoms with E-state index in [2.05, 4.69) is 15.5 Å². The highest BCUT2D eigenvalue weighted by Gasteiger charge is 2.43. The van der Waals surface area contributed by atoms with Crippen molar-refractivity contribution in [2.24, 2.45) is 0 Å². The Morgan fingerprint density at radius 3 is 2.89 bits per heavy atom. The normalized spacial score (nSPS) is 26.3. The molecule has 1 aromatic heterocycles. The highest BCUT2D eigenvalue weighted by molar-refractivity contribution is 7.99. The molecule has 6 nitrogen and oxygen atoms in total. The van der Waals surface area contributed by atoms with Crippen molar-refractivity contribution >= 4 is 23.6 Å². The maximum atomic E-state index is 12.1. The molecule has 1 aromatic rings. The van der Waals surface area contributed by atoms with E-state index in [1.807, 2.05) is 0 Å². The molecule has 1 atom stereocenters. The van der Waals surface area contributed by atoms with Crippen LogP contribution in [0.2, 0.25) is 0 Å². The molecule has 2 fully saturated rings. The summed E-state index contributed by atoms with van der Waals surface area (Å²) in [6.45, 7) is 0. The van der Waals surface area contributed by atoms with Crippen LogP contribution in [0.5, 0.6) is 0 Å². The quantitative estimate of drug-likeness (QED) is 0.764. The number of aromatic nitrogens is 2. The smallest absolute Gasteiger partial charge is 0.330 e. The van der Waals surface area contributed by atoms with Crippen LogP contribution in [-0.2, 0) is 4.79 Å². The molecule has 0 bridgehead atoms. The number of rotatable bonds is 4. The highest BCUT2D eigenvalue weighted by Crippen LogP contribution is 2.39. The Morgan fingerprint density at radius 1 is 1.53 bits per heavy atom. The largest absolute Gasteiger partial charge is 0.479 e. The number of amides is 1. The molecule has 19 heavy (non-hydrogen) atoms. The number of carboxylic acids is 1. The fourth-order valence-electron chi connectivity index (χ4n) is 2.22. The first-order chi connectivity index (χ1) is 9.11. The predicted octanol–water partition coefficient (Wildman–Crippen LogP) is 0.977. The van der Waals surface area contributed by atoms with Crippen LogP contribution in [0.25, 0.3) is 0 Å². The molecule has 3 N–H and O–H groups in total. The molecule has 2 aliphatic rings. The Balaban J connectivity index is 1.73. The Morgan fingerprint density at radius 2 is 2.32 bits per heavy atom.